The first-order valence-corrected chi connectivity index (χ1v) is 7.31. The number of carboxylic acids is 1. The van der Waals surface area contributed by atoms with Gasteiger partial charge in [-0.15, -0.1) is 11.3 Å². The van der Waals surface area contributed by atoms with E-state index in [9.17, 15) is 9.59 Å². The quantitative estimate of drug-likeness (QED) is 0.807. The molecule has 5 nitrogen and oxygen atoms in total. The molecule has 0 spiro atoms. The van der Waals surface area contributed by atoms with Gasteiger partial charge in [-0.1, -0.05) is 24.3 Å². The summed E-state index contributed by atoms with van der Waals surface area (Å²) in [6, 6.07) is 8.67. The highest BCUT2D eigenvalue weighted by atomic mass is 32.1. The van der Waals surface area contributed by atoms with E-state index in [1.165, 1.54) is 17.4 Å². The molecular formula is C15H16N2O3S. The summed E-state index contributed by atoms with van der Waals surface area (Å²) in [5.41, 5.74) is 2.21. The lowest BCUT2D eigenvalue weighted by molar-refractivity contribution is 0.0698. The number of rotatable bonds is 4. The lowest BCUT2D eigenvalue weighted by Crippen LogP contribution is -2.31. The number of amides is 2. The summed E-state index contributed by atoms with van der Waals surface area (Å²) in [5, 5.41) is 16.3. The van der Waals surface area contributed by atoms with Gasteiger partial charge in [0.15, 0.2) is 0 Å². The van der Waals surface area contributed by atoms with Crippen LogP contribution in [0.5, 0.6) is 0 Å². The summed E-state index contributed by atoms with van der Waals surface area (Å²) >= 11 is 1.18. The fourth-order valence-electron chi connectivity index (χ4n) is 2.06. The van der Waals surface area contributed by atoms with Crippen LogP contribution in [0.2, 0.25) is 0 Å². The van der Waals surface area contributed by atoms with Crippen molar-refractivity contribution in [3.8, 4) is 0 Å². The summed E-state index contributed by atoms with van der Waals surface area (Å²) in [6.07, 6.45) is 0. The van der Waals surface area contributed by atoms with Crippen LogP contribution in [0.1, 0.15) is 34.5 Å². The summed E-state index contributed by atoms with van der Waals surface area (Å²) in [4.78, 5) is 23.0. The molecule has 1 unspecified atom stereocenters. The van der Waals surface area contributed by atoms with Crippen LogP contribution in [0.4, 0.5) is 9.80 Å². The van der Waals surface area contributed by atoms with Gasteiger partial charge >= 0.3 is 12.0 Å². The van der Waals surface area contributed by atoms with E-state index < -0.39 is 12.0 Å². The van der Waals surface area contributed by atoms with Crippen LogP contribution < -0.4 is 10.6 Å². The van der Waals surface area contributed by atoms with E-state index in [-0.39, 0.29) is 11.6 Å². The topological polar surface area (TPSA) is 78.4 Å². The Morgan fingerprint density at radius 2 is 1.95 bits per heavy atom. The number of benzene rings is 1. The van der Waals surface area contributed by atoms with Gasteiger partial charge in [-0.2, -0.15) is 0 Å². The molecule has 0 bridgehead atoms. The van der Waals surface area contributed by atoms with Gasteiger partial charge in [0.05, 0.1) is 11.6 Å². The number of anilines is 1. The zero-order chi connectivity index (χ0) is 15.4. The van der Waals surface area contributed by atoms with Crippen LogP contribution in [0, 0.1) is 6.92 Å². The average molecular weight is 304 g/mol. The number of hydrogen-bond donors (Lipinski definition) is 3. The fraction of sp³-hybridized carbons (Fsp3) is 0.200. The van der Waals surface area contributed by atoms with Crippen molar-refractivity contribution >= 4 is 28.3 Å². The Bertz CT molecular complexity index is 666. The second-order valence-electron chi connectivity index (χ2n) is 4.65. The second-order valence-corrected chi connectivity index (χ2v) is 5.56. The molecule has 6 heteroatoms. The van der Waals surface area contributed by atoms with E-state index in [0.717, 1.165) is 11.1 Å². The van der Waals surface area contributed by atoms with E-state index in [2.05, 4.69) is 10.6 Å². The molecular weight excluding hydrogens is 288 g/mol. The standard InChI is InChI=1S/C15H16N2O3S/c1-9-5-3-4-6-11(9)10(2)16-15(20)17-13-12(14(18)19)7-8-21-13/h3-8,10H,1-2H3,(H,18,19)(H2,16,17,20). The molecule has 0 aliphatic heterocycles. The van der Waals surface area contributed by atoms with Crippen molar-refractivity contribution in [2.24, 2.45) is 0 Å². The van der Waals surface area contributed by atoms with Crippen molar-refractivity contribution in [3.05, 3.63) is 52.4 Å². The molecule has 0 saturated carbocycles. The van der Waals surface area contributed by atoms with Crippen LogP contribution in [-0.4, -0.2) is 17.1 Å². The highest BCUT2D eigenvalue weighted by Gasteiger charge is 2.16. The Labute approximate surface area is 126 Å². The summed E-state index contributed by atoms with van der Waals surface area (Å²) in [7, 11) is 0. The predicted octanol–water partition coefficient (Wildman–Crippen LogP) is 3.64. The number of aryl methyl sites for hydroxylation is 1. The highest BCUT2D eigenvalue weighted by Crippen LogP contribution is 2.23. The van der Waals surface area contributed by atoms with Crippen LogP contribution in [0.15, 0.2) is 35.7 Å². The van der Waals surface area contributed by atoms with E-state index >= 15 is 0 Å². The second kappa shape index (κ2) is 6.41. The molecule has 2 amide bonds. The van der Waals surface area contributed by atoms with Gasteiger partial charge in [-0.3, -0.25) is 5.32 Å². The fourth-order valence-corrected chi connectivity index (χ4v) is 2.83. The molecule has 2 rings (SSSR count). The molecule has 0 fully saturated rings. The lowest BCUT2D eigenvalue weighted by Gasteiger charge is -2.16. The van der Waals surface area contributed by atoms with Gasteiger partial charge in [0.1, 0.15) is 5.00 Å². The molecule has 0 radical (unpaired) electrons. The number of thiophene rings is 1. The molecule has 1 atom stereocenters. The van der Waals surface area contributed by atoms with Crippen molar-refractivity contribution in [3.63, 3.8) is 0 Å². The largest absolute Gasteiger partial charge is 0.478 e. The van der Waals surface area contributed by atoms with Crippen LogP contribution in [-0.2, 0) is 0 Å². The molecule has 21 heavy (non-hydrogen) atoms. The van der Waals surface area contributed by atoms with Crippen molar-refractivity contribution < 1.29 is 14.7 Å². The van der Waals surface area contributed by atoms with Gasteiger partial charge in [0.25, 0.3) is 0 Å². The van der Waals surface area contributed by atoms with Crippen LogP contribution in [0.3, 0.4) is 0 Å². The molecule has 0 saturated heterocycles. The third-order valence-electron chi connectivity index (χ3n) is 3.13. The Kier molecular flexibility index (Phi) is 4.59. The third kappa shape index (κ3) is 3.61. The molecule has 2 aromatic rings. The Hall–Kier alpha value is -2.34. The van der Waals surface area contributed by atoms with Gasteiger partial charge in [-0.25, -0.2) is 9.59 Å². The molecule has 0 aliphatic carbocycles. The normalized spacial score (nSPS) is 11.7. The van der Waals surface area contributed by atoms with Crippen LogP contribution >= 0.6 is 11.3 Å². The van der Waals surface area contributed by atoms with Gasteiger partial charge < -0.3 is 10.4 Å². The smallest absolute Gasteiger partial charge is 0.338 e. The molecule has 110 valence electrons. The maximum absolute atomic E-state index is 12.0. The SMILES string of the molecule is Cc1ccccc1C(C)NC(=O)Nc1sccc1C(=O)O. The first-order chi connectivity index (χ1) is 9.99. The predicted molar refractivity (Wildman–Crippen MR) is 83.0 cm³/mol. The van der Waals surface area contributed by atoms with E-state index in [1.807, 2.05) is 38.1 Å². The molecule has 1 heterocycles. The van der Waals surface area contributed by atoms with Crippen LogP contribution in [0.25, 0.3) is 0 Å². The molecule has 3 N–H and O–H groups in total. The minimum atomic E-state index is -1.06. The number of aromatic carboxylic acids is 1. The average Bonchev–Trinajstić information content (AvgIpc) is 2.87. The number of nitrogens with one attached hydrogen (secondary N) is 2. The number of hydrogen-bond acceptors (Lipinski definition) is 3. The Morgan fingerprint density at radius 1 is 1.24 bits per heavy atom. The monoisotopic (exact) mass is 304 g/mol. The summed E-state index contributed by atoms with van der Waals surface area (Å²) in [6.45, 7) is 3.86. The zero-order valence-corrected chi connectivity index (χ0v) is 12.5. The van der Waals surface area contributed by atoms with Gasteiger partial charge in [-0.05, 0) is 36.4 Å². The highest BCUT2D eigenvalue weighted by molar-refractivity contribution is 7.14. The Balaban J connectivity index is 2.03. The molecule has 1 aromatic heterocycles. The van der Waals surface area contributed by atoms with E-state index in [4.69, 9.17) is 5.11 Å². The number of urea groups is 1. The lowest BCUT2D eigenvalue weighted by atomic mass is 10.0. The van der Waals surface area contributed by atoms with Gasteiger partial charge in [0.2, 0.25) is 0 Å². The van der Waals surface area contributed by atoms with Crippen molar-refractivity contribution in [2.45, 2.75) is 19.9 Å². The Morgan fingerprint density at radius 3 is 2.62 bits per heavy atom. The third-order valence-corrected chi connectivity index (χ3v) is 3.96. The molecule has 1 aromatic carbocycles. The van der Waals surface area contributed by atoms with E-state index in [1.54, 1.807) is 5.38 Å². The first-order valence-electron chi connectivity index (χ1n) is 6.43. The minimum absolute atomic E-state index is 0.0960. The number of carbonyl (C=O) groups is 2. The molecule has 0 aliphatic rings. The maximum atomic E-state index is 12.0. The minimum Gasteiger partial charge on any atom is -0.478 e. The zero-order valence-electron chi connectivity index (χ0n) is 11.7. The summed E-state index contributed by atoms with van der Waals surface area (Å²) < 4.78 is 0. The van der Waals surface area contributed by atoms with Crippen molar-refractivity contribution in [1.82, 2.24) is 5.32 Å². The van der Waals surface area contributed by atoms with Crippen molar-refractivity contribution in [1.29, 1.82) is 0 Å². The van der Waals surface area contributed by atoms with Crippen molar-refractivity contribution in [2.75, 3.05) is 5.32 Å². The summed E-state index contributed by atoms with van der Waals surface area (Å²) in [5.74, 6) is -1.06. The number of carboxylic acid groups (broad SMARTS) is 1. The number of carbonyl (C=O) groups excluding carboxylic acids is 1. The first kappa shape index (κ1) is 15.1. The van der Waals surface area contributed by atoms with E-state index in [0.29, 0.717) is 5.00 Å². The maximum Gasteiger partial charge on any atom is 0.338 e. The van der Waals surface area contributed by atoms with Gasteiger partial charge in [0, 0.05) is 0 Å².